The third-order valence-electron chi connectivity index (χ3n) is 9.31. The van der Waals surface area contributed by atoms with E-state index < -0.39 is 16.6 Å². The summed E-state index contributed by atoms with van der Waals surface area (Å²) in [4.78, 5) is 12.0. The van der Waals surface area contributed by atoms with E-state index in [-0.39, 0.29) is 28.8 Å². The monoisotopic (exact) mass is 588 g/mol. The van der Waals surface area contributed by atoms with Gasteiger partial charge < -0.3 is 18.3 Å². The molecule has 2 atom stereocenters. The van der Waals surface area contributed by atoms with Crippen molar-refractivity contribution in [3.8, 4) is 0 Å². The zero-order chi connectivity index (χ0) is 30.7. The summed E-state index contributed by atoms with van der Waals surface area (Å²) in [5.41, 5.74) is 1.45. The smallest absolute Gasteiger partial charge is 0.305 e. The minimum Gasteiger partial charge on any atom is -0.469 e. The summed E-state index contributed by atoms with van der Waals surface area (Å²) >= 11 is 0. The highest BCUT2D eigenvalue weighted by atomic mass is 28.4. The minimum atomic E-state index is -2.02. The van der Waals surface area contributed by atoms with Gasteiger partial charge in [-0.1, -0.05) is 88.5 Å². The topological polar surface area (TPSA) is 54.0 Å². The van der Waals surface area contributed by atoms with Crippen molar-refractivity contribution >= 4 is 22.6 Å². The van der Waals surface area contributed by atoms with E-state index in [1.807, 2.05) is 0 Å². The summed E-state index contributed by atoms with van der Waals surface area (Å²) in [7, 11) is -2.43. The Bertz CT molecular complexity index is 661. The maximum atomic E-state index is 12.0. The number of hydrogen-bond acceptors (Lipinski definition) is 5. The number of carbonyl (C=O) groups is 1. The Hall–Kier alpha value is -0.216. The van der Waals surface area contributed by atoms with Crippen LogP contribution in [-0.2, 0) is 23.1 Å². The van der Waals surface area contributed by atoms with Gasteiger partial charge in [-0.2, -0.15) is 0 Å². The van der Waals surface area contributed by atoms with Crippen LogP contribution < -0.4 is 0 Å². The molecule has 7 heteroatoms. The average Bonchev–Trinajstić information content (AvgIpc) is 2.81. The lowest BCUT2D eigenvalue weighted by molar-refractivity contribution is -0.141. The van der Waals surface area contributed by atoms with Gasteiger partial charge in [0, 0.05) is 12.5 Å². The van der Waals surface area contributed by atoms with Gasteiger partial charge >= 0.3 is 5.97 Å². The molecule has 0 radical (unpaired) electrons. The molecule has 0 bridgehead atoms. The highest BCUT2D eigenvalue weighted by molar-refractivity contribution is 6.77. The van der Waals surface area contributed by atoms with E-state index in [2.05, 4.69) is 96.2 Å². The molecule has 0 aliphatic rings. The van der Waals surface area contributed by atoms with Crippen LogP contribution in [-0.4, -0.2) is 54.1 Å². The van der Waals surface area contributed by atoms with Gasteiger partial charge in [0.2, 0.25) is 8.32 Å². The second-order valence-corrected chi connectivity index (χ2v) is 24.9. The van der Waals surface area contributed by atoms with E-state index in [0.29, 0.717) is 29.7 Å². The number of ether oxygens (including phenoxy) is 2. The van der Waals surface area contributed by atoms with E-state index in [4.69, 9.17) is 18.3 Å². The summed E-state index contributed by atoms with van der Waals surface area (Å²) in [6.45, 7) is 32.7. The van der Waals surface area contributed by atoms with Gasteiger partial charge in [-0.05, 0) is 74.3 Å². The SMILES string of the molecule is CCC(C)(C)OC[C@H](CCCCC[C@H](CCC(=O)OC)O[Si](C(C)C)(C(C)C)C(C)C)O[Si](C)(C)C(C)(C)C. The zero-order valence-electron chi connectivity index (χ0n) is 28.8. The van der Waals surface area contributed by atoms with Crippen molar-refractivity contribution in [3.63, 3.8) is 0 Å². The Labute approximate surface area is 246 Å². The van der Waals surface area contributed by atoms with Crippen molar-refractivity contribution in [2.75, 3.05) is 13.7 Å². The molecule has 0 spiro atoms. The Morgan fingerprint density at radius 2 is 1.23 bits per heavy atom. The van der Waals surface area contributed by atoms with E-state index in [1.165, 1.54) is 7.11 Å². The molecule has 0 saturated heterocycles. The van der Waals surface area contributed by atoms with Crippen LogP contribution in [0.3, 0.4) is 0 Å². The van der Waals surface area contributed by atoms with Crippen LogP contribution >= 0.6 is 0 Å². The van der Waals surface area contributed by atoms with Gasteiger partial charge in [-0.25, -0.2) is 0 Å². The average molecular weight is 589 g/mol. The van der Waals surface area contributed by atoms with Crippen LogP contribution in [0.25, 0.3) is 0 Å². The highest BCUT2D eigenvalue weighted by Gasteiger charge is 2.46. The molecule has 0 aromatic carbocycles. The first-order chi connectivity index (χ1) is 17.8. The Morgan fingerprint density at radius 3 is 1.64 bits per heavy atom. The second kappa shape index (κ2) is 17.0. The lowest BCUT2D eigenvalue weighted by Gasteiger charge is -2.44. The number of carbonyl (C=O) groups excluding carboxylic acids is 1. The van der Waals surface area contributed by atoms with Crippen LogP contribution in [0.2, 0.25) is 34.8 Å². The maximum Gasteiger partial charge on any atom is 0.305 e. The number of rotatable bonds is 20. The minimum absolute atomic E-state index is 0.107. The first-order valence-corrected chi connectivity index (χ1v) is 20.9. The maximum absolute atomic E-state index is 12.0. The van der Waals surface area contributed by atoms with Gasteiger partial charge in [0.15, 0.2) is 8.32 Å². The third kappa shape index (κ3) is 13.1. The number of unbranched alkanes of at least 4 members (excludes halogenated alkanes) is 2. The van der Waals surface area contributed by atoms with Crippen molar-refractivity contribution in [1.29, 1.82) is 0 Å². The van der Waals surface area contributed by atoms with E-state index in [0.717, 1.165) is 44.9 Å². The molecule has 0 aromatic rings. The molecule has 0 saturated carbocycles. The summed E-state index contributed by atoms with van der Waals surface area (Å²) in [6.07, 6.45) is 7.73. The first kappa shape index (κ1) is 38.8. The predicted molar refractivity (Wildman–Crippen MR) is 173 cm³/mol. The van der Waals surface area contributed by atoms with Gasteiger partial charge in [0.25, 0.3) is 0 Å². The van der Waals surface area contributed by atoms with Crippen molar-refractivity contribution in [1.82, 2.24) is 0 Å². The number of hydrogen-bond donors (Lipinski definition) is 0. The lowest BCUT2D eigenvalue weighted by Crippen LogP contribution is -2.50. The molecule has 0 unspecified atom stereocenters. The van der Waals surface area contributed by atoms with Gasteiger partial charge in [0.05, 0.1) is 25.4 Å². The van der Waals surface area contributed by atoms with Gasteiger partial charge in [-0.15, -0.1) is 0 Å². The van der Waals surface area contributed by atoms with E-state index in [9.17, 15) is 4.79 Å². The quantitative estimate of drug-likeness (QED) is 0.0804. The molecule has 0 aliphatic heterocycles. The van der Waals surface area contributed by atoms with Crippen molar-refractivity contribution in [2.45, 2.75) is 187 Å². The van der Waals surface area contributed by atoms with E-state index in [1.54, 1.807) is 0 Å². The predicted octanol–water partition coefficient (Wildman–Crippen LogP) is 10.0. The number of esters is 1. The third-order valence-corrected chi connectivity index (χ3v) is 20.0. The van der Waals surface area contributed by atoms with E-state index >= 15 is 0 Å². The number of methoxy groups -OCH3 is 1. The fourth-order valence-electron chi connectivity index (χ4n) is 5.45. The molecule has 0 heterocycles. The normalized spacial score (nSPS) is 15.3. The Morgan fingerprint density at radius 1 is 0.744 bits per heavy atom. The van der Waals surface area contributed by atoms with Gasteiger partial charge in [-0.3, -0.25) is 4.79 Å². The zero-order valence-corrected chi connectivity index (χ0v) is 30.8. The molecule has 0 N–H and O–H groups in total. The highest BCUT2D eigenvalue weighted by Crippen LogP contribution is 2.44. The largest absolute Gasteiger partial charge is 0.469 e. The van der Waals surface area contributed by atoms with Crippen LogP contribution in [0.15, 0.2) is 0 Å². The standard InChI is InChI=1S/C32H68O5Si2/c1-16-32(11,12)35-24-29(36-38(14,15)31(8,9)10)21-19-17-18-20-28(22-23-30(33)34-13)37-39(25(2)3,26(4)5)27(6)7/h25-29H,16-24H2,1-15H3/t28-,29+/m1/s1. The molecule has 0 amide bonds. The van der Waals surface area contributed by atoms with Gasteiger partial charge in [0.1, 0.15) is 0 Å². The molecule has 5 nitrogen and oxygen atoms in total. The van der Waals surface area contributed by atoms with Crippen molar-refractivity contribution in [2.24, 2.45) is 0 Å². The van der Waals surface area contributed by atoms with Crippen molar-refractivity contribution < 1.29 is 23.1 Å². The summed E-state index contributed by atoms with van der Waals surface area (Å²) in [6, 6.07) is 0. The molecule has 0 rings (SSSR count). The summed E-state index contributed by atoms with van der Waals surface area (Å²) < 4.78 is 25.2. The Kier molecular flexibility index (Phi) is 16.9. The summed E-state index contributed by atoms with van der Waals surface area (Å²) in [5.74, 6) is -0.143. The lowest BCUT2D eigenvalue weighted by atomic mass is 10.0. The first-order valence-electron chi connectivity index (χ1n) is 15.8. The van der Waals surface area contributed by atoms with Crippen LogP contribution in [0.4, 0.5) is 0 Å². The molecule has 234 valence electrons. The van der Waals surface area contributed by atoms with Crippen molar-refractivity contribution in [3.05, 3.63) is 0 Å². The molecular weight excluding hydrogens is 521 g/mol. The summed E-state index contributed by atoms with van der Waals surface area (Å²) in [5, 5.41) is 0.176. The Balaban J connectivity index is 5.35. The van der Waals surface area contributed by atoms with Crippen LogP contribution in [0.5, 0.6) is 0 Å². The second-order valence-electron chi connectivity index (χ2n) is 14.7. The van der Waals surface area contributed by atoms with Crippen LogP contribution in [0, 0.1) is 0 Å². The molecule has 0 fully saturated rings. The molecule has 0 aromatic heterocycles. The fourth-order valence-corrected chi connectivity index (χ4v) is 12.5. The molecule has 0 aliphatic carbocycles. The fraction of sp³-hybridized carbons (Fsp3) is 0.969. The van der Waals surface area contributed by atoms with Crippen LogP contribution in [0.1, 0.15) is 134 Å². The molecule has 39 heavy (non-hydrogen) atoms. The molecular formula is C32H68O5Si2.